The number of carbonyl (C=O) groups excluding carboxylic acids is 1. The lowest BCUT2D eigenvalue weighted by molar-refractivity contribution is -0.172. The molecule has 0 amide bonds. The fourth-order valence-electron chi connectivity index (χ4n) is 4.84. The largest absolute Gasteiger partial charge is 0.488 e. The van der Waals surface area contributed by atoms with E-state index in [9.17, 15) is 14.7 Å². The summed E-state index contributed by atoms with van der Waals surface area (Å²) in [6, 6.07) is 19.4. The lowest BCUT2D eigenvalue weighted by atomic mass is 9.86. The van der Waals surface area contributed by atoms with E-state index in [0.717, 1.165) is 27.8 Å². The highest BCUT2D eigenvalue weighted by molar-refractivity contribution is 5.89. The molecule has 6 rings (SSSR count). The van der Waals surface area contributed by atoms with E-state index in [1.54, 1.807) is 17.6 Å². The second kappa shape index (κ2) is 7.53. The van der Waals surface area contributed by atoms with Gasteiger partial charge in [-0.2, -0.15) is 0 Å². The van der Waals surface area contributed by atoms with Gasteiger partial charge in [0, 0.05) is 16.5 Å². The minimum absolute atomic E-state index is 0.113. The highest BCUT2D eigenvalue weighted by Gasteiger charge is 2.45. The first-order valence-corrected chi connectivity index (χ1v) is 11.3. The fraction of sp³-hybridized carbons (Fsp3) is 0.222. The van der Waals surface area contributed by atoms with Crippen molar-refractivity contribution in [2.75, 3.05) is 0 Å². The van der Waals surface area contributed by atoms with E-state index in [-0.39, 0.29) is 18.6 Å². The molecule has 0 unspecified atom stereocenters. The Hall–Kier alpha value is -3.97. The summed E-state index contributed by atoms with van der Waals surface area (Å²) in [6.07, 6.45) is 0.113. The van der Waals surface area contributed by atoms with Crippen LogP contribution in [0.1, 0.15) is 35.6 Å². The zero-order valence-corrected chi connectivity index (χ0v) is 18.6. The van der Waals surface area contributed by atoms with Crippen molar-refractivity contribution in [2.45, 2.75) is 38.7 Å². The number of benzene rings is 2. The van der Waals surface area contributed by atoms with Gasteiger partial charge in [0.25, 0.3) is 5.56 Å². The van der Waals surface area contributed by atoms with E-state index in [2.05, 4.69) is 0 Å². The standard InChI is InChI=1S/C27H22N2O5/c1-2-27(32)20-12-22-24-17(13-29(22)25(30)19(20)15-34-26(27)31)11-18-21(28-24)9-6-10-23(18)33-14-16-7-4-3-5-8-16/h3-12,32H,2,13-15H2,1H3/t27-/m0/s1. The SMILES string of the molecule is CC[C@@]1(O)C(=O)OCc2c1cc1n(c2=O)Cc2cc3c(OCc4ccccc4)cccc3nc2-1. The number of carbonyl (C=O) groups is 1. The van der Waals surface area contributed by atoms with Gasteiger partial charge in [-0.15, -0.1) is 0 Å². The molecule has 1 N–H and O–H groups in total. The molecule has 0 spiro atoms. The van der Waals surface area contributed by atoms with Crippen LogP contribution in [-0.2, 0) is 34.9 Å². The Morgan fingerprint density at radius 2 is 1.94 bits per heavy atom. The average molecular weight is 454 g/mol. The van der Waals surface area contributed by atoms with E-state index < -0.39 is 11.6 Å². The molecule has 2 aromatic heterocycles. The topological polar surface area (TPSA) is 90.7 Å². The van der Waals surface area contributed by atoms with Gasteiger partial charge in [0.1, 0.15) is 19.0 Å². The summed E-state index contributed by atoms with van der Waals surface area (Å²) in [5.41, 5.74) is 2.49. The summed E-state index contributed by atoms with van der Waals surface area (Å²) in [5, 5.41) is 11.9. The number of pyridine rings is 2. The highest BCUT2D eigenvalue weighted by atomic mass is 16.6. The number of cyclic esters (lactones) is 1. The highest BCUT2D eigenvalue weighted by Crippen LogP contribution is 2.39. The second-order valence-corrected chi connectivity index (χ2v) is 8.70. The van der Waals surface area contributed by atoms with Gasteiger partial charge in [0.05, 0.1) is 29.0 Å². The Morgan fingerprint density at radius 1 is 1.12 bits per heavy atom. The van der Waals surface area contributed by atoms with Gasteiger partial charge in [-0.25, -0.2) is 9.78 Å². The molecular weight excluding hydrogens is 432 g/mol. The Balaban J connectivity index is 1.45. The van der Waals surface area contributed by atoms with Gasteiger partial charge < -0.3 is 19.1 Å². The maximum Gasteiger partial charge on any atom is 0.343 e. The average Bonchev–Trinajstić information content (AvgIpc) is 3.22. The summed E-state index contributed by atoms with van der Waals surface area (Å²) < 4.78 is 12.9. The Kier molecular flexibility index (Phi) is 4.57. The number of ether oxygens (including phenoxy) is 2. The van der Waals surface area contributed by atoms with Crippen LogP contribution >= 0.6 is 0 Å². The van der Waals surface area contributed by atoms with Crippen LogP contribution < -0.4 is 10.3 Å². The summed E-state index contributed by atoms with van der Waals surface area (Å²) in [5.74, 6) is -0.00430. The van der Waals surface area contributed by atoms with Gasteiger partial charge in [-0.1, -0.05) is 43.3 Å². The molecule has 0 bridgehead atoms. The molecule has 0 aliphatic carbocycles. The third-order valence-corrected chi connectivity index (χ3v) is 6.75. The number of aromatic nitrogens is 2. The van der Waals surface area contributed by atoms with Crippen LogP contribution in [0.3, 0.4) is 0 Å². The van der Waals surface area contributed by atoms with Gasteiger partial charge in [0.2, 0.25) is 0 Å². The summed E-state index contributed by atoms with van der Waals surface area (Å²) in [4.78, 5) is 30.5. The lowest BCUT2D eigenvalue weighted by Crippen LogP contribution is -2.44. The fourth-order valence-corrected chi connectivity index (χ4v) is 4.84. The summed E-state index contributed by atoms with van der Waals surface area (Å²) >= 11 is 0. The van der Waals surface area contributed by atoms with Crippen LogP contribution in [0.2, 0.25) is 0 Å². The van der Waals surface area contributed by atoms with Crippen molar-refractivity contribution in [1.29, 1.82) is 0 Å². The second-order valence-electron chi connectivity index (χ2n) is 8.70. The first kappa shape index (κ1) is 20.6. The number of hydrogen-bond acceptors (Lipinski definition) is 6. The zero-order chi connectivity index (χ0) is 23.4. The number of aliphatic hydroxyl groups is 1. The van der Waals surface area contributed by atoms with Gasteiger partial charge in [-0.3, -0.25) is 4.79 Å². The molecule has 170 valence electrons. The summed E-state index contributed by atoms with van der Waals surface area (Å²) in [7, 11) is 0. The van der Waals surface area contributed by atoms with E-state index in [4.69, 9.17) is 14.5 Å². The van der Waals surface area contributed by atoms with E-state index in [1.807, 2.05) is 54.6 Å². The predicted octanol–water partition coefficient (Wildman–Crippen LogP) is 3.66. The minimum atomic E-state index is -1.83. The van der Waals surface area contributed by atoms with Crippen LogP contribution in [0.25, 0.3) is 22.3 Å². The number of esters is 1. The number of hydrogen-bond donors (Lipinski definition) is 1. The van der Waals surface area contributed by atoms with Crippen molar-refractivity contribution in [3.8, 4) is 17.1 Å². The van der Waals surface area contributed by atoms with Crippen LogP contribution in [0.4, 0.5) is 0 Å². The normalized spacial score (nSPS) is 18.2. The Bertz CT molecular complexity index is 1530. The summed E-state index contributed by atoms with van der Waals surface area (Å²) in [6.45, 7) is 2.34. The van der Waals surface area contributed by atoms with Crippen LogP contribution in [-0.4, -0.2) is 20.6 Å². The maximum atomic E-state index is 13.3. The number of nitrogens with zero attached hydrogens (tertiary/aromatic N) is 2. The maximum absolute atomic E-state index is 13.3. The minimum Gasteiger partial charge on any atom is -0.488 e. The molecule has 2 aliphatic rings. The molecule has 0 radical (unpaired) electrons. The smallest absolute Gasteiger partial charge is 0.343 e. The van der Waals surface area contributed by atoms with Crippen molar-refractivity contribution in [3.63, 3.8) is 0 Å². The first-order chi connectivity index (χ1) is 16.5. The number of rotatable bonds is 4. The van der Waals surface area contributed by atoms with Crippen LogP contribution in [0, 0.1) is 0 Å². The molecule has 34 heavy (non-hydrogen) atoms. The quantitative estimate of drug-likeness (QED) is 0.417. The Labute approximate surface area is 195 Å². The predicted molar refractivity (Wildman–Crippen MR) is 125 cm³/mol. The molecule has 2 aliphatic heterocycles. The van der Waals surface area contributed by atoms with Crippen molar-refractivity contribution < 1.29 is 19.4 Å². The van der Waals surface area contributed by atoms with Gasteiger partial charge in [0.15, 0.2) is 5.60 Å². The van der Waals surface area contributed by atoms with Crippen LogP contribution in [0.15, 0.2) is 65.5 Å². The van der Waals surface area contributed by atoms with Gasteiger partial charge in [-0.05, 0) is 36.2 Å². The molecule has 7 nitrogen and oxygen atoms in total. The van der Waals surface area contributed by atoms with Gasteiger partial charge >= 0.3 is 5.97 Å². The third-order valence-electron chi connectivity index (χ3n) is 6.75. The number of fused-ring (bicyclic) bond motifs is 5. The van der Waals surface area contributed by atoms with E-state index in [1.165, 1.54) is 0 Å². The third kappa shape index (κ3) is 2.97. The first-order valence-electron chi connectivity index (χ1n) is 11.3. The molecule has 2 aromatic carbocycles. The molecule has 0 saturated heterocycles. The molecule has 4 heterocycles. The molecular formula is C27H22N2O5. The van der Waals surface area contributed by atoms with Crippen molar-refractivity contribution in [1.82, 2.24) is 9.55 Å². The molecule has 0 fully saturated rings. The van der Waals surface area contributed by atoms with E-state index in [0.29, 0.717) is 35.7 Å². The monoisotopic (exact) mass is 454 g/mol. The molecule has 0 saturated carbocycles. The van der Waals surface area contributed by atoms with Crippen molar-refractivity contribution in [3.05, 3.63) is 93.3 Å². The van der Waals surface area contributed by atoms with Crippen LogP contribution in [0.5, 0.6) is 5.75 Å². The van der Waals surface area contributed by atoms with Crippen molar-refractivity contribution in [2.24, 2.45) is 0 Å². The lowest BCUT2D eigenvalue weighted by Gasteiger charge is -2.31. The molecule has 4 aromatic rings. The Morgan fingerprint density at radius 3 is 2.74 bits per heavy atom. The van der Waals surface area contributed by atoms with E-state index >= 15 is 0 Å². The van der Waals surface area contributed by atoms with Crippen molar-refractivity contribution >= 4 is 16.9 Å². The zero-order valence-electron chi connectivity index (χ0n) is 18.6. The molecule has 7 heteroatoms. The molecule has 1 atom stereocenters.